The number of nitrogens with zero attached hydrogens (tertiary/aromatic N) is 2. The summed E-state index contributed by atoms with van der Waals surface area (Å²) in [4.78, 5) is 15.0. The summed E-state index contributed by atoms with van der Waals surface area (Å²) in [6.45, 7) is 1.30. The van der Waals surface area contributed by atoms with E-state index < -0.39 is 18.1 Å². The first-order valence-electron chi connectivity index (χ1n) is 8.01. The molecule has 1 amide bonds. The van der Waals surface area contributed by atoms with Crippen molar-refractivity contribution in [2.75, 3.05) is 0 Å². The molecular formula is C18H14F3N3O4. The maximum Gasteiger partial charge on any atom is 0.471 e. The van der Waals surface area contributed by atoms with E-state index in [0.717, 1.165) is 0 Å². The quantitative estimate of drug-likeness (QED) is 0.681. The third-order valence-corrected chi connectivity index (χ3v) is 3.60. The van der Waals surface area contributed by atoms with Crippen molar-refractivity contribution in [1.82, 2.24) is 15.5 Å². The van der Waals surface area contributed by atoms with Crippen LogP contribution in [-0.2, 0) is 4.79 Å². The number of phenolic OH excluding ortho intramolecular Hbond substituents is 1. The lowest BCUT2D eigenvalue weighted by molar-refractivity contribution is -0.174. The van der Waals surface area contributed by atoms with E-state index >= 15 is 0 Å². The van der Waals surface area contributed by atoms with Crippen molar-refractivity contribution in [1.29, 1.82) is 0 Å². The second-order valence-corrected chi connectivity index (χ2v) is 5.77. The average molecular weight is 393 g/mol. The summed E-state index contributed by atoms with van der Waals surface area (Å²) in [6.07, 6.45) is -5.00. The lowest BCUT2D eigenvalue weighted by Crippen LogP contribution is -2.38. The van der Waals surface area contributed by atoms with Crippen LogP contribution in [0.25, 0.3) is 11.4 Å². The molecule has 28 heavy (non-hydrogen) atoms. The van der Waals surface area contributed by atoms with Crippen molar-refractivity contribution in [2.24, 2.45) is 0 Å². The van der Waals surface area contributed by atoms with Gasteiger partial charge in [-0.25, -0.2) is 0 Å². The van der Waals surface area contributed by atoms with Crippen LogP contribution in [0.4, 0.5) is 13.2 Å². The molecule has 0 spiro atoms. The van der Waals surface area contributed by atoms with Crippen LogP contribution >= 0.6 is 0 Å². The number of benzene rings is 2. The van der Waals surface area contributed by atoms with Gasteiger partial charge in [-0.1, -0.05) is 5.16 Å². The Morgan fingerprint density at radius 3 is 2.25 bits per heavy atom. The molecule has 0 saturated heterocycles. The monoisotopic (exact) mass is 393 g/mol. The van der Waals surface area contributed by atoms with Crippen molar-refractivity contribution in [3.63, 3.8) is 0 Å². The fraction of sp³-hybridized carbons (Fsp3) is 0.167. The molecule has 0 saturated carbocycles. The number of nitrogens with one attached hydrogen (secondary N) is 1. The Morgan fingerprint density at radius 1 is 1.11 bits per heavy atom. The third-order valence-electron chi connectivity index (χ3n) is 3.60. The molecule has 2 aromatic carbocycles. The molecule has 3 rings (SSSR count). The maximum absolute atomic E-state index is 12.3. The van der Waals surface area contributed by atoms with E-state index in [1.165, 1.54) is 19.1 Å². The second-order valence-electron chi connectivity index (χ2n) is 5.77. The highest BCUT2D eigenvalue weighted by Crippen LogP contribution is 2.26. The van der Waals surface area contributed by atoms with Gasteiger partial charge in [-0.3, -0.25) is 4.79 Å². The van der Waals surface area contributed by atoms with Crippen LogP contribution in [0.5, 0.6) is 17.2 Å². The number of carbonyl (C=O) groups is 1. The van der Waals surface area contributed by atoms with Gasteiger partial charge in [0, 0.05) is 5.56 Å². The molecule has 1 atom stereocenters. The fourth-order valence-corrected chi connectivity index (χ4v) is 2.19. The molecule has 7 nitrogen and oxygen atoms in total. The van der Waals surface area contributed by atoms with Gasteiger partial charge in [-0.15, -0.1) is 0 Å². The number of hydrogen-bond donors (Lipinski definition) is 2. The van der Waals surface area contributed by atoms with Gasteiger partial charge < -0.3 is 19.7 Å². The molecule has 3 aromatic rings. The Hall–Kier alpha value is -3.56. The summed E-state index contributed by atoms with van der Waals surface area (Å²) in [5.41, 5.74) is 0.544. The van der Waals surface area contributed by atoms with E-state index in [0.29, 0.717) is 17.1 Å². The number of rotatable bonds is 5. The highest BCUT2D eigenvalue weighted by Gasteiger charge is 2.40. The summed E-state index contributed by atoms with van der Waals surface area (Å²) in [5, 5.41) is 14.7. The third kappa shape index (κ3) is 4.58. The number of ether oxygens (including phenoxy) is 1. The van der Waals surface area contributed by atoms with Crippen LogP contribution in [0.15, 0.2) is 53.1 Å². The smallest absolute Gasteiger partial charge is 0.471 e. The molecule has 1 aromatic heterocycles. The Labute approximate surface area is 156 Å². The average Bonchev–Trinajstić information content (AvgIpc) is 3.14. The summed E-state index contributed by atoms with van der Waals surface area (Å²) in [6, 6.07) is 11.7. The minimum Gasteiger partial charge on any atom is -0.508 e. The van der Waals surface area contributed by atoms with E-state index in [1.54, 1.807) is 41.7 Å². The summed E-state index contributed by atoms with van der Waals surface area (Å²) in [5.74, 6) is -0.923. The predicted molar refractivity (Wildman–Crippen MR) is 90.5 cm³/mol. The molecule has 0 aliphatic heterocycles. The van der Waals surface area contributed by atoms with Crippen LogP contribution in [0.1, 0.15) is 18.9 Å². The lowest BCUT2D eigenvalue weighted by atomic mass is 10.2. The SMILES string of the molecule is CC(NC(=O)C(F)(F)F)c1nc(-c2ccc(Oc3ccc(O)cc3)cc2)no1. The van der Waals surface area contributed by atoms with Crippen LogP contribution in [0, 0.1) is 0 Å². The lowest BCUT2D eigenvalue weighted by Gasteiger charge is -2.11. The maximum atomic E-state index is 12.3. The number of carbonyl (C=O) groups excluding carboxylic acids is 1. The van der Waals surface area contributed by atoms with Crippen molar-refractivity contribution < 1.29 is 32.3 Å². The van der Waals surface area contributed by atoms with E-state index in [-0.39, 0.29) is 17.5 Å². The molecular weight excluding hydrogens is 379 g/mol. The molecule has 10 heteroatoms. The van der Waals surface area contributed by atoms with Gasteiger partial charge in [0.25, 0.3) is 0 Å². The zero-order valence-electron chi connectivity index (χ0n) is 14.4. The number of alkyl halides is 3. The van der Waals surface area contributed by atoms with Gasteiger partial charge in [0.05, 0.1) is 0 Å². The molecule has 0 radical (unpaired) electrons. The van der Waals surface area contributed by atoms with Gasteiger partial charge >= 0.3 is 12.1 Å². The van der Waals surface area contributed by atoms with E-state index in [9.17, 15) is 23.1 Å². The standard InChI is InChI=1S/C18H14F3N3O4/c1-10(22-17(26)18(19,20)21)16-23-15(24-28-16)11-2-6-13(7-3-11)27-14-8-4-12(25)5-9-14/h2-10,25H,1H3,(H,22,26). The van der Waals surface area contributed by atoms with E-state index in [2.05, 4.69) is 10.1 Å². The molecule has 1 heterocycles. The number of halogens is 3. The molecule has 0 aliphatic carbocycles. The van der Waals surface area contributed by atoms with Gasteiger partial charge in [-0.2, -0.15) is 18.2 Å². The minimum atomic E-state index is -5.00. The van der Waals surface area contributed by atoms with Crippen LogP contribution in [0.2, 0.25) is 0 Å². The number of phenols is 1. The van der Waals surface area contributed by atoms with Crippen molar-refractivity contribution >= 4 is 5.91 Å². The Balaban J connectivity index is 1.67. The van der Waals surface area contributed by atoms with E-state index in [4.69, 9.17) is 9.26 Å². The first-order chi connectivity index (χ1) is 13.2. The van der Waals surface area contributed by atoms with Crippen LogP contribution < -0.4 is 10.1 Å². The van der Waals surface area contributed by atoms with Crippen molar-refractivity contribution in [3.05, 3.63) is 54.4 Å². The number of aromatic hydroxyl groups is 1. The van der Waals surface area contributed by atoms with Gasteiger partial charge in [0.2, 0.25) is 11.7 Å². The molecule has 0 fully saturated rings. The largest absolute Gasteiger partial charge is 0.508 e. The fourth-order valence-electron chi connectivity index (χ4n) is 2.19. The van der Waals surface area contributed by atoms with Gasteiger partial charge in [-0.05, 0) is 55.5 Å². The number of amides is 1. The summed E-state index contributed by atoms with van der Waals surface area (Å²) < 4.78 is 47.5. The Kier molecular flexibility index (Phi) is 5.21. The summed E-state index contributed by atoms with van der Waals surface area (Å²) >= 11 is 0. The first kappa shape index (κ1) is 19.2. The van der Waals surface area contributed by atoms with Gasteiger partial charge in [0.1, 0.15) is 23.3 Å². The highest BCUT2D eigenvalue weighted by atomic mass is 19.4. The topological polar surface area (TPSA) is 97.5 Å². The van der Waals surface area contributed by atoms with Crippen LogP contribution in [0.3, 0.4) is 0 Å². The Bertz CT molecular complexity index is 953. The van der Waals surface area contributed by atoms with Crippen molar-refractivity contribution in [3.8, 4) is 28.6 Å². The zero-order valence-corrected chi connectivity index (χ0v) is 14.4. The second kappa shape index (κ2) is 7.59. The Morgan fingerprint density at radius 2 is 1.68 bits per heavy atom. The summed E-state index contributed by atoms with van der Waals surface area (Å²) in [7, 11) is 0. The molecule has 0 bridgehead atoms. The number of aromatic nitrogens is 2. The molecule has 1 unspecified atom stereocenters. The number of hydrogen-bond acceptors (Lipinski definition) is 6. The zero-order chi connectivity index (χ0) is 20.3. The normalized spacial score (nSPS) is 12.4. The highest BCUT2D eigenvalue weighted by molar-refractivity contribution is 5.81. The van der Waals surface area contributed by atoms with Gasteiger partial charge in [0.15, 0.2) is 0 Å². The predicted octanol–water partition coefficient (Wildman–Crippen LogP) is 3.97. The molecule has 2 N–H and O–H groups in total. The van der Waals surface area contributed by atoms with Crippen molar-refractivity contribution in [2.45, 2.75) is 19.1 Å². The first-order valence-corrected chi connectivity index (χ1v) is 8.01. The minimum absolute atomic E-state index is 0.122. The van der Waals surface area contributed by atoms with Crippen LogP contribution in [-0.4, -0.2) is 27.3 Å². The molecule has 146 valence electrons. The molecule has 0 aliphatic rings. The van der Waals surface area contributed by atoms with E-state index in [1.807, 2.05) is 0 Å².